The summed E-state index contributed by atoms with van der Waals surface area (Å²) in [7, 11) is 0. The number of rotatable bonds is 6. The van der Waals surface area contributed by atoms with E-state index in [1.807, 2.05) is 36.4 Å². The van der Waals surface area contributed by atoms with E-state index in [4.69, 9.17) is 4.98 Å². The molecule has 3 heterocycles. The van der Waals surface area contributed by atoms with Crippen LogP contribution in [0, 0.1) is 0 Å². The highest BCUT2D eigenvalue weighted by atomic mass is 16.3. The molecule has 0 aliphatic carbocycles. The predicted molar refractivity (Wildman–Crippen MR) is 108 cm³/mol. The summed E-state index contributed by atoms with van der Waals surface area (Å²) in [4.78, 5) is 15.8. The minimum absolute atomic E-state index is 0.429. The number of anilines is 1. The van der Waals surface area contributed by atoms with Gasteiger partial charge in [0.15, 0.2) is 5.82 Å². The SMILES string of the molecule is O[C@@H](CNc1nc(-c2ccncc2)nc2ccccc12)CN1CCCCC1. The van der Waals surface area contributed by atoms with Crippen molar-refractivity contribution in [1.82, 2.24) is 19.9 Å². The number of hydrogen-bond donors (Lipinski definition) is 2. The number of aliphatic hydroxyl groups excluding tert-OH is 1. The van der Waals surface area contributed by atoms with Gasteiger partial charge in [-0.3, -0.25) is 4.98 Å². The van der Waals surface area contributed by atoms with Crippen LogP contribution in [-0.2, 0) is 0 Å². The molecule has 0 spiro atoms. The molecule has 1 fully saturated rings. The van der Waals surface area contributed by atoms with Gasteiger partial charge in [0.25, 0.3) is 0 Å². The summed E-state index contributed by atoms with van der Waals surface area (Å²) >= 11 is 0. The van der Waals surface area contributed by atoms with Crippen molar-refractivity contribution in [2.45, 2.75) is 25.4 Å². The van der Waals surface area contributed by atoms with Crippen molar-refractivity contribution in [2.24, 2.45) is 0 Å². The molecule has 4 rings (SSSR count). The zero-order valence-corrected chi connectivity index (χ0v) is 15.4. The minimum atomic E-state index is -0.429. The molecule has 2 aromatic heterocycles. The Morgan fingerprint density at radius 3 is 2.59 bits per heavy atom. The third kappa shape index (κ3) is 4.40. The second-order valence-corrected chi connectivity index (χ2v) is 7.04. The first-order chi connectivity index (χ1) is 13.3. The maximum absolute atomic E-state index is 10.5. The van der Waals surface area contributed by atoms with E-state index in [2.05, 4.69) is 20.2 Å². The Hall–Kier alpha value is -2.57. The smallest absolute Gasteiger partial charge is 0.162 e. The molecule has 1 saturated heterocycles. The number of nitrogens with zero attached hydrogens (tertiary/aromatic N) is 4. The summed E-state index contributed by atoms with van der Waals surface area (Å²) in [5.74, 6) is 1.41. The second-order valence-electron chi connectivity index (χ2n) is 7.04. The van der Waals surface area contributed by atoms with Crippen molar-refractivity contribution in [3.8, 4) is 11.4 Å². The van der Waals surface area contributed by atoms with Crippen LogP contribution >= 0.6 is 0 Å². The Kier molecular flexibility index (Phi) is 5.55. The topological polar surface area (TPSA) is 74.2 Å². The van der Waals surface area contributed by atoms with E-state index in [-0.39, 0.29) is 0 Å². The number of benzene rings is 1. The van der Waals surface area contributed by atoms with Gasteiger partial charge in [-0.05, 0) is 50.2 Å². The van der Waals surface area contributed by atoms with Crippen LogP contribution < -0.4 is 5.32 Å². The molecule has 6 heteroatoms. The van der Waals surface area contributed by atoms with Gasteiger partial charge in [0, 0.05) is 36.4 Å². The quantitative estimate of drug-likeness (QED) is 0.701. The van der Waals surface area contributed by atoms with Gasteiger partial charge in [0.05, 0.1) is 11.6 Å². The predicted octanol–water partition coefficient (Wildman–Crippen LogP) is 2.95. The first-order valence-corrected chi connectivity index (χ1v) is 9.61. The number of pyridine rings is 1. The molecule has 27 heavy (non-hydrogen) atoms. The van der Waals surface area contributed by atoms with Crippen LogP contribution in [0.25, 0.3) is 22.3 Å². The number of nitrogens with one attached hydrogen (secondary N) is 1. The number of likely N-dealkylation sites (tertiary alicyclic amines) is 1. The van der Waals surface area contributed by atoms with E-state index in [9.17, 15) is 5.11 Å². The summed E-state index contributed by atoms with van der Waals surface area (Å²) < 4.78 is 0. The molecule has 0 bridgehead atoms. The monoisotopic (exact) mass is 363 g/mol. The maximum atomic E-state index is 10.5. The Balaban J connectivity index is 1.53. The largest absolute Gasteiger partial charge is 0.390 e. The molecule has 0 radical (unpaired) electrons. The summed E-state index contributed by atoms with van der Waals surface area (Å²) in [5.41, 5.74) is 1.81. The van der Waals surface area contributed by atoms with Crippen molar-refractivity contribution < 1.29 is 5.11 Å². The number of aliphatic hydroxyl groups is 1. The van der Waals surface area contributed by atoms with Gasteiger partial charge in [-0.2, -0.15) is 0 Å². The maximum Gasteiger partial charge on any atom is 0.162 e. The molecule has 3 aromatic rings. The zero-order valence-electron chi connectivity index (χ0n) is 15.4. The van der Waals surface area contributed by atoms with E-state index in [1.54, 1.807) is 12.4 Å². The Labute approximate surface area is 159 Å². The third-order valence-electron chi connectivity index (χ3n) is 4.96. The van der Waals surface area contributed by atoms with Gasteiger partial charge in [-0.25, -0.2) is 9.97 Å². The lowest BCUT2D eigenvalue weighted by Gasteiger charge is -2.28. The highest BCUT2D eigenvalue weighted by molar-refractivity contribution is 5.90. The number of piperidine rings is 1. The van der Waals surface area contributed by atoms with Crippen molar-refractivity contribution in [2.75, 3.05) is 31.5 Å². The van der Waals surface area contributed by atoms with E-state index >= 15 is 0 Å². The van der Waals surface area contributed by atoms with Gasteiger partial charge >= 0.3 is 0 Å². The lowest BCUT2D eigenvalue weighted by molar-refractivity contribution is 0.109. The van der Waals surface area contributed by atoms with Gasteiger partial charge in [0.2, 0.25) is 0 Å². The minimum Gasteiger partial charge on any atom is -0.390 e. The van der Waals surface area contributed by atoms with Crippen LogP contribution in [0.5, 0.6) is 0 Å². The summed E-state index contributed by atoms with van der Waals surface area (Å²) in [6.45, 7) is 3.33. The first-order valence-electron chi connectivity index (χ1n) is 9.61. The molecule has 1 atom stereocenters. The number of β-amino-alcohol motifs (C(OH)–C–C–N with tert-alkyl or cyclic N) is 1. The van der Waals surface area contributed by atoms with E-state index < -0.39 is 6.10 Å². The Bertz CT molecular complexity index is 880. The highest BCUT2D eigenvalue weighted by Gasteiger charge is 2.15. The number of aromatic nitrogens is 3. The third-order valence-corrected chi connectivity index (χ3v) is 4.96. The number of hydrogen-bond acceptors (Lipinski definition) is 6. The van der Waals surface area contributed by atoms with Gasteiger partial charge in [-0.1, -0.05) is 18.6 Å². The van der Waals surface area contributed by atoms with Crippen molar-refractivity contribution in [3.05, 3.63) is 48.8 Å². The molecule has 1 aliphatic heterocycles. The molecule has 140 valence electrons. The molecule has 2 N–H and O–H groups in total. The molecular formula is C21H25N5O. The fourth-order valence-corrected chi connectivity index (χ4v) is 3.56. The first kappa shape index (κ1) is 17.8. The van der Waals surface area contributed by atoms with Crippen LogP contribution in [0.4, 0.5) is 5.82 Å². The van der Waals surface area contributed by atoms with E-state index in [1.165, 1.54) is 19.3 Å². The van der Waals surface area contributed by atoms with Crippen LogP contribution in [0.2, 0.25) is 0 Å². The summed E-state index contributed by atoms with van der Waals surface area (Å²) in [5, 5.41) is 14.8. The lowest BCUT2D eigenvalue weighted by Crippen LogP contribution is -2.39. The Morgan fingerprint density at radius 1 is 1.00 bits per heavy atom. The molecule has 6 nitrogen and oxygen atoms in total. The van der Waals surface area contributed by atoms with Crippen molar-refractivity contribution in [3.63, 3.8) is 0 Å². The highest BCUT2D eigenvalue weighted by Crippen LogP contribution is 2.24. The zero-order chi connectivity index (χ0) is 18.5. The Morgan fingerprint density at radius 2 is 1.78 bits per heavy atom. The van der Waals surface area contributed by atoms with Crippen molar-refractivity contribution >= 4 is 16.7 Å². The van der Waals surface area contributed by atoms with E-state index in [0.29, 0.717) is 18.9 Å². The van der Waals surface area contributed by atoms with Gasteiger partial charge in [0.1, 0.15) is 5.82 Å². The number of para-hydroxylation sites is 1. The lowest BCUT2D eigenvalue weighted by atomic mass is 10.1. The molecular weight excluding hydrogens is 338 g/mol. The molecule has 0 saturated carbocycles. The standard InChI is InChI=1S/C21H25N5O/c27-17(15-26-12-4-1-5-13-26)14-23-21-18-6-2-3-7-19(18)24-20(25-21)16-8-10-22-11-9-16/h2-3,6-11,17,27H,1,4-5,12-15H2,(H,23,24,25)/t17-/m0/s1. The van der Waals surface area contributed by atoms with Crippen LogP contribution in [0.1, 0.15) is 19.3 Å². The van der Waals surface area contributed by atoms with Gasteiger partial charge in [-0.15, -0.1) is 0 Å². The average Bonchev–Trinajstić information content (AvgIpc) is 2.73. The average molecular weight is 363 g/mol. The van der Waals surface area contributed by atoms with Crippen LogP contribution in [0.15, 0.2) is 48.8 Å². The fourth-order valence-electron chi connectivity index (χ4n) is 3.56. The molecule has 1 aromatic carbocycles. The molecule has 0 unspecified atom stereocenters. The normalized spacial score (nSPS) is 16.3. The van der Waals surface area contributed by atoms with Crippen LogP contribution in [0.3, 0.4) is 0 Å². The van der Waals surface area contributed by atoms with Crippen molar-refractivity contribution in [1.29, 1.82) is 0 Å². The molecule has 1 aliphatic rings. The van der Waals surface area contributed by atoms with Gasteiger partial charge < -0.3 is 15.3 Å². The second kappa shape index (κ2) is 8.41. The summed E-state index contributed by atoms with van der Waals surface area (Å²) in [6, 6.07) is 11.7. The van der Waals surface area contributed by atoms with Crippen LogP contribution in [-0.4, -0.2) is 57.2 Å². The summed E-state index contributed by atoms with van der Waals surface area (Å²) in [6.07, 6.45) is 6.81. The fraction of sp³-hybridized carbons (Fsp3) is 0.381. The number of fused-ring (bicyclic) bond motifs is 1. The molecule has 0 amide bonds. The van der Waals surface area contributed by atoms with E-state index in [0.717, 1.165) is 35.4 Å².